The summed E-state index contributed by atoms with van der Waals surface area (Å²) >= 11 is 6.57. The molecular formula is C39H38ClN3O2. The molecule has 0 fully saturated rings. The summed E-state index contributed by atoms with van der Waals surface area (Å²) in [7, 11) is 0. The number of carbonyl (C=O) groups is 1. The van der Waals surface area contributed by atoms with E-state index in [1.165, 1.54) is 16.7 Å². The van der Waals surface area contributed by atoms with Gasteiger partial charge in [-0.05, 0) is 98.7 Å². The zero-order valence-corrected chi connectivity index (χ0v) is 26.5. The number of benzene rings is 4. The van der Waals surface area contributed by atoms with Gasteiger partial charge in [0, 0.05) is 17.6 Å². The molecule has 45 heavy (non-hydrogen) atoms. The van der Waals surface area contributed by atoms with Gasteiger partial charge in [-0.15, -0.1) is 0 Å². The van der Waals surface area contributed by atoms with Gasteiger partial charge in [0.1, 0.15) is 11.5 Å². The smallest absolute Gasteiger partial charge is 0.253 e. The van der Waals surface area contributed by atoms with E-state index < -0.39 is 0 Å². The first kappa shape index (κ1) is 31.8. The summed E-state index contributed by atoms with van der Waals surface area (Å²) < 4.78 is 6.16. The summed E-state index contributed by atoms with van der Waals surface area (Å²) in [5, 5.41) is 16.3. The third-order valence-electron chi connectivity index (χ3n) is 8.08. The number of hydrogen-bond donors (Lipinski definition) is 2. The fourth-order valence-electron chi connectivity index (χ4n) is 5.39. The van der Waals surface area contributed by atoms with Crippen LogP contribution in [0.3, 0.4) is 0 Å². The van der Waals surface area contributed by atoms with Crippen LogP contribution in [0.25, 0.3) is 11.3 Å². The van der Waals surface area contributed by atoms with Crippen molar-refractivity contribution in [3.63, 3.8) is 0 Å². The van der Waals surface area contributed by atoms with Crippen molar-refractivity contribution in [2.45, 2.75) is 58.2 Å². The van der Waals surface area contributed by atoms with E-state index in [1.54, 1.807) is 12.1 Å². The second kappa shape index (κ2) is 15.4. The highest BCUT2D eigenvalue weighted by Gasteiger charge is 2.19. The molecule has 5 rings (SSSR count). The first-order chi connectivity index (χ1) is 21.9. The predicted octanol–water partition coefficient (Wildman–Crippen LogP) is 8.99. The Labute approximate surface area is 270 Å². The molecule has 0 aliphatic rings. The minimum atomic E-state index is -0.222. The Balaban J connectivity index is 1.26. The van der Waals surface area contributed by atoms with Crippen LogP contribution >= 0.6 is 11.6 Å². The molecule has 0 unspecified atom stereocenters. The second-order valence-electron chi connectivity index (χ2n) is 11.5. The number of halogens is 1. The van der Waals surface area contributed by atoms with E-state index in [9.17, 15) is 10.1 Å². The Morgan fingerprint density at radius 3 is 2.40 bits per heavy atom. The van der Waals surface area contributed by atoms with Gasteiger partial charge in [-0.1, -0.05) is 83.9 Å². The zero-order valence-electron chi connectivity index (χ0n) is 25.7. The normalized spacial score (nSPS) is 12.3. The molecule has 0 bridgehead atoms. The lowest BCUT2D eigenvalue weighted by Gasteiger charge is -2.20. The van der Waals surface area contributed by atoms with Crippen LogP contribution in [0.1, 0.15) is 69.7 Å². The van der Waals surface area contributed by atoms with Gasteiger partial charge in [0.2, 0.25) is 0 Å². The fraction of sp³-hybridized carbons (Fsp3) is 0.231. The van der Waals surface area contributed by atoms with Gasteiger partial charge in [0.25, 0.3) is 5.91 Å². The molecule has 1 heterocycles. The Morgan fingerprint density at radius 2 is 1.67 bits per heavy atom. The minimum absolute atomic E-state index is 0.106. The highest BCUT2D eigenvalue weighted by molar-refractivity contribution is 6.34. The number of aryl methyl sites for hydroxylation is 2. The first-order valence-corrected chi connectivity index (χ1v) is 15.8. The molecule has 0 saturated heterocycles. The standard InChI is InChI=1S/C39H38ClN3O2/c1-27-11-17-32(18-12-27)28(2)42-26-35-20-22-38(45-35)33-19-21-37(40)36(24-33)39(44)43-34(10-6-9-29-7-4-3-5-8-29)23-30-13-15-31(25-41)16-14-30/h3-5,7-8,11-22,24,28,34,42H,6,9-10,23,26H2,1-2H3,(H,43,44)/t28-,34+/m1/s1. The molecule has 1 amide bonds. The van der Waals surface area contributed by atoms with Gasteiger partial charge in [0.15, 0.2) is 0 Å². The van der Waals surface area contributed by atoms with Crippen LogP contribution in [-0.4, -0.2) is 11.9 Å². The fourth-order valence-corrected chi connectivity index (χ4v) is 5.60. The maximum atomic E-state index is 13.6. The maximum Gasteiger partial charge on any atom is 0.253 e. The van der Waals surface area contributed by atoms with E-state index in [-0.39, 0.29) is 18.0 Å². The number of furan rings is 1. The summed E-state index contributed by atoms with van der Waals surface area (Å²) in [5.41, 5.74) is 6.60. The van der Waals surface area contributed by atoms with Crippen molar-refractivity contribution < 1.29 is 9.21 Å². The average molecular weight is 616 g/mol. The number of rotatable bonds is 13. The van der Waals surface area contributed by atoms with Gasteiger partial charge in [-0.3, -0.25) is 4.79 Å². The topological polar surface area (TPSA) is 78.1 Å². The summed E-state index contributed by atoms with van der Waals surface area (Å²) in [5.74, 6) is 1.27. The van der Waals surface area contributed by atoms with E-state index in [1.807, 2.05) is 60.7 Å². The van der Waals surface area contributed by atoms with Crippen LogP contribution in [0.4, 0.5) is 0 Å². The van der Waals surface area contributed by atoms with E-state index in [4.69, 9.17) is 16.0 Å². The Morgan fingerprint density at radius 1 is 0.911 bits per heavy atom. The molecule has 5 aromatic rings. The van der Waals surface area contributed by atoms with Crippen LogP contribution in [0.2, 0.25) is 5.02 Å². The number of amides is 1. The second-order valence-corrected chi connectivity index (χ2v) is 11.9. The van der Waals surface area contributed by atoms with Crippen LogP contribution in [0.5, 0.6) is 0 Å². The zero-order chi connectivity index (χ0) is 31.6. The number of hydrogen-bond acceptors (Lipinski definition) is 4. The maximum absolute atomic E-state index is 13.6. The quantitative estimate of drug-likeness (QED) is 0.139. The van der Waals surface area contributed by atoms with Crippen molar-refractivity contribution in [3.8, 4) is 17.4 Å². The van der Waals surface area contributed by atoms with E-state index in [0.29, 0.717) is 34.9 Å². The van der Waals surface area contributed by atoms with E-state index >= 15 is 0 Å². The summed E-state index contributed by atoms with van der Waals surface area (Å²) in [4.78, 5) is 13.6. The summed E-state index contributed by atoms with van der Waals surface area (Å²) in [6.45, 7) is 4.80. The van der Waals surface area contributed by atoms with Crippen LogP contribution < -0.4 is 10.6 Å². The van der Waals surface area contributed by atoms with Gasteiger partial charge >= 0.3 is 0 Å². The van der Waals surface area contributed by atoms with Gasteiger partial charge < -0.3 is 15.1 Å². The molecule has 2 N–H and O–H groups in total. The summed E-state index contributed by atoms with van der Waals surface area (Å²) in [6, 6.07) is 37.9. The van der Waals surface area contributed by atoms with Crippen LogP contribution in [0, 0.1) is 18.3 Å². The molecule has 2 atom stereocenters. The monoisotopic (exact) mass is 615 g/mol. The predicted molar refractivity (Wildman–Crippen MR) is 181 cm³/mol. The molecule has 0 saturated carbocycles. The molecule has 0 radical (unpaired) electrons. The Bertz CT molecular complexity index is 1740. The highest BCUT2D eigenvalue weighted by atomic mass is 35.5. The van der Waals surface area contributed by atoms with Crippen molar-refractivity contribution in [1.29, 1.82) is 5.26 Å². The third kappa shape index (κ3) is 8.95. The molecule has 1 aromatic heterocycles. The first-order valence-electron chi connectivity index (χ1n) is 15.4. The van der Waals surface area contributed by atoms with Crippen molar-refractivity contribution in [1.82, 2.24) is 10.6 Å². The average Bonchev–Trinajstić information content (AvgIpc) is 3.54. The largest absolute Gasteiger partial charge is 0.460 e. The van der Waals surface area contributed by atoms with Crippen LogP contribution in [0.15, 0.2) is 114 Å². The molecule has 4 aromatic carbocycles. The van der Waals surface area contributed by atoms with Crippen LogP contribution in [-0.2, 0) is 19.4 Å². The number of nitrogens with one attached hydrogen (secondary N) is 2. The highest BCUT2D eigenvalue weighted by Crippen LogP contribution is 2.28. The SMILES string of the molecule is Cc1ccc([C@@H](C)NCc2ccc(-c3ccc(Cl)c(C(=O)N[C@@H](CCCc4ccccc4)Cc4ccc(C#N)cc4)c3)o2)cc1. The Kier molecular flexibility index (Phi) is 10.9. The van der Waals surface area contributed by atoms with Crippen molar-refractivity contribution in [2.75, 3.05) is 0 Å². The van der Waals surface area contributed by atoms with Crippen molar-refractivity contribution in [3.05, 3.63) is 153 Å². The van der Waals surface area contributed by atoms with E-state index in [2.05, 4.69) is 66.9 Å². The lowest BCUT2D eigenvalue weighted by molar-refractivity contribution is 0.0934. The molecule has 0 aliphatic heterocycles. The Hall–Kier alpha value is -4.63. The van der Waals surface area contributed by atoms with Gasteiger partial charge in [-0.25, -0.2) is 0 Å². The third-order valence-corrected chi connectivity index (χ3v) is 8.41. The van der Waals surface area contributed by atoms with Gasteiger partial charge in [0.05, 0.1) is 28.8 Å². The van der Waals surface area contributed by atoms with Gasteiger partial charge in [-0.2, -0.15) is 5.26 Å². The lowest BCUT2D eigenvalue weighted by atomic mass is 9.98. The minimum Gasteiger partial charge on any atom is -0.460 e. The van der Waals surface area contributed by atoms with Crippen molar-refractivity contribution >= 4 is 17.5 Å². The molecular weight excluding hydrogens is 578 g/mol. The number of nitrogens with zero attached hydrogens (tertiary/aromatic N) is 1. The van der Waals surface area contributed by atoms with E-state index in [0.717, 1.165) is 36.1 Å². The number of carbonyl (C=O) groups excluding carboxylic acids is 1. The van der Waals surface area contributed by atoms with Crippen molar-refractivity contribution in [2.24, 2.45) is 0 Å². The molecule has 5 nitrogen and oxygen atoms in total. The summed E-state index contributed by atoms with van der Waals surface area (Å²) in [6.07, 6.45) is 3.30. The number of nitriles is 1. The lowest BCUT2D eigenvalue weighted by Crippen LogP contribution is -2.36. The molecule has 0 spiro atoms. The molecule has 0 aliphatic carbocycles. The molecule has 6 heteroatoms. The molecule has 228 valence electrons.